The van der Waals surface area contributed by atoms with Crippen molar-refractivity contribution >= 4 is 16.7 Å². The Morgan fingerprint density at radius 1 is 0.767 bits per heavy atom. The summed E-state index contributed by atoms with van der Waals surface area (Å²) in [5, 5.41) is 21.2. The van der Waals surface area contributed by atoms with E-state index in [1.807, 2.05) is 0 Å². The van der Waals surface area contributed by atoms with E-state index in [9.17, 15) is 15.0 Å². The number of aromatic hydroxyl groups is 1. The lowest BCUT2D eigenvalue weighted by Gasteiger charge is -2.19. The molecule has 0 aliphatic rings. The molecule has 0 aromatic heterocycles. The van der Waals surface area contributed by atoms with Gasteiger partial charge in [-0.15, -0.1) is 0 Å². The van der Waals surface area contributed by atoms with Crippen LogP contribution in [0.25, 0.3) is 21.9 Å². The highest BCUT2D eigenvalue weighted by molar-refractivity contribution is 6.13. The largest absolute Gasteiger partial charge is 0.507 e. The molecular weight excluding hydrogens is 392 g/mol. The van der Waals surface area contributed by atoms with Crippen molar-refractivity contribution in [3.05, 3.63) is 35.9 Å². The highest BCUT2D eigenvalue weighted by atomic mass is 16.5. The average Bonchev–Trinajstić information content (AvgIpc) is 2.76. The molecule has 0 saturated heterocycles. The molecule has 158 valence electrons. The van der Waals surface area contributed by atoms with Crippen molar-refractivity contribution in [2.75, 3.05) is 35.5 Å². The average molecular weight is 414 g/mol. The first-order valence-electron chi connectivity index (χ1n) is 8.86. The zero-order valence-corrected chi connectivity index (χ0v) is 17.2. The van der Waals surface area contributed by atoms with Gasteiger partial charge in [-0.25, -0.2) is 4.79 Å². The van der Waals surface area contributed by atoms with Gasteiger partial charge in [0.25, 0.3) is 0 Å². The van der Waals surface area contributed by atoms with Gasteiger partial charge in [0.05, 0.1) is 46.5 Å². The molecule has 0 saturated carbocycles. The summed E-state index contributed by atoms with van der Waals surface area (Å²) < 4.78 is 27.0. The Labute approximate surface area is 173 Å². The molecule has 0 bridgehead atoms. The van der Waals surface area contributed by atoms with Crippen LogP contribution in [0.4, 0.5) is 0 Å². The molecule has 3 rings (SSSR count). The van der Waals surface area contributed by atoms with Crippen LogP contribution in [0.5, 0.6) is 34.5 Å². The monoisotopic (exact) mass is 414 g/mol. The van der Waals surface area contributed by atoms with Gasteiger partial charge in [-0.3, -0.25) is 0 Å². The van der Waals surface area contributed by atoms with Crippen molar-refractivity contribution in [3.8, 4) is 45.6 Å². The summed E-state index contributed by atoms with van der Waals surface area (Å²) in [7, 11) is 7.34. The number of rotatable bonds is 7. The summed E-state index contributed by atoms with van der Waals surface area (Å²) in [5.74, 6) is 0.297. The van der Waals surface area contributed by atoms with Gasteiger partial charge in [-0.1, -0.05) is 6.07 Å². The highest BCUT2D eigenvalue weighted by Gasteiger charge is 2.25. The Kier molecular flexibility index (Phi) is 5.77. The zero-order chi connectivity index (χ0) is 22.0. The van der Waals surface area contributed by atoms with E-state index in [1.54, 1.807) is 24.3 Å². The number of phenolic OH excluding ortho intramolecular Hbond substituents is 1. The third-order valence-electron chi connectivity index (χ3n) is 4.81. The second kappa shape index (κ2) is 8.28. The van der Waals surface area contributed by atoms with Gasteiger partial charge in [0.2, 0.25) is 5.75 Å². The summed E-state index contributed by atoms with van der Waals surface area (Å²) in [6.07, 6.45) is 0. The number of carboxylic acids is 1. The molecule has 2 N–H and O–H groups in total. The van der Waals surface area contributed by atoms with Gasteiger partial charge in [0, 0.05) is 10.9 Å². The van der Waals surface area contributed by atoms with Crippen LogP contribution in [-0.4, -0.2) is 51.7 Å². The number of fused-ring (bicyclic) bond motifs is 1. The topological polar surface area (TPSA) is 104 Å². The van der Waals surface area contributed by atoms with Crippen molar-refractivity contribution in [1.82, 2.24) is 0 Å². The lowest BCUT2D eigenvalue weighted by atomic mass is 9.91. The number of phenols is 1. The summed E-state index contributed by atoms with van der Waals surface area (Å²) in [6, 6.07) is 7.85. The van der Waals surface area contributed by atoms with Crippen LogP contribution < -0.4 is 23.7 Å². The van der Waals surface area contributed by atoms with E-state index in [2.05, 4.69) is 0 Å². The third kappa shape index (κ3) is 3.26. The molecule has 30 heavy (non-hydrogen) atoms. The molecule has 3 aromatic carbocycles. The van der Waals surface area contributed by atoms with Crippen LogP contribution in [0.2, 0.25) is 0 Å². The van der Waals surface area contributed by atoms with Gasteiger partial charge >= 0.3 is 5.97 Å². The van der Waals surface area contributed by atoms with Crippen molar-refractivity contribution in [1.29, 1.82) is 0 Å². The van der Waals surface area contributed by atoms with E-state index in [0.29, 0.717) is 39.1 Å². The first-order chi connectivity index (χ1) is 14.4. The minimum Gasteiger partial charge on any atom is -0.507 e. The zero-order valence-electron chi connectivity index (χ0n) is 17.2. The number of carboxylic acid groups (broad SMARTS) is 1. The Morgan fingerprint density at radius 2 is 1.40 bits per heavy atom. The van der Waals surface area contributed by atoms with Crippen LogP contribution >= 0.6 is 0 Å². The van der Waals surface area contributed by atoms with E-state index >= 15 is 0 Å². The summed E-state index contributed by atoms with van der Waals surface area (Å²) >= 11 is 0. The number of ether oxygens (including phenoxy) is 5. The lowest BCUT2D eigenvalue weighted by Crippen LogP contribution is -2.03. The quantitative estimate of drug-likeness (QED) is 0.599. The van der Waals surface area contributed by atoms with E-state index in [-0.39, 0.29) is 22.8 Å². The molecule has 0 spiro atoms. The Morgan fingerprint density at radius 3 is 1.93 bits per heavy atom. The number of benzene rings is 3. The fourth-order valence-electron chi connectivity index (χ4n) is 3.51. The van der Waals surface area contributed by atoms with Gasteiger partial charge in [-0.05, 0) is 29.8 Å². The maximum Gasteiger partial charge on any atom is 0.336 e. The van der Waals surface area contributed by atoms with Crippen molar-refractivity contribution < 1.29 is 38.7 Å². The van der Waals surface area contributed by atoms with Crippen LogP contribution in [0, 0.1) is 0 Å². The second-order valence-corrected chi connectivity index (χ2v) is 6.26. The van der Waals surface area contributed by atoms with E-state index < -0.39 is 5.97 Å². The van der Waals surface area contributed by atoms with Gasteiger partial charge in [0.15, 0.2) is 23.0 Å². The molecule has 3 aromatic rings. The predicted molar refractivity (Wildman–Crippen MR) is 111 cm³/mol. The van der Waals surface area contributed by atoms with Crippen LogP contribution in [0.1, 0.15) is 10.4 Å². The maximum atomic E-state index is 12.0. The SMILES string of the molecule is COc1ccc(-c2c(C(=O)O)cc(O)c3c(OC)c(OC)c(OC)cc23)cc1OC. The first kappa shape index (κ1) is 20.9. The smallest absolute Gasteiger partial charge is 0.336 e. The minimum atomic E-state index is -1.20. The standard InChI is InChI=1S/C22H22O8/c1-26-15-7-6-11(8-16(15)27-2)18-12-10-17(28-3)20(29-4)21(30-5)19(12)14(23)9-13(18)22(24)25/h6-10,23H,1-5H3,(H,24,25). The fraction of sp³-hybridized carbons (Fsp3) is 0.227. The van der Waals surface area contributed by atoms with Crippen LogP contribution in [-0.2, 0) is 0 Å². The van der Waals surface area contributed by atoms with Crippen molar-refractivity contribution in [3.63, 3.8) is 0 Å². The van der Waals surface area contributed by atoms with E-state index in [4.69, 9.17) is 23.7 Å². The summed E-state index contributed by atoms with van der Waals surface area (Å²) in [6.45, 7) is 0. The molecule has 0 unspecified atom stereocenters. The highest BCUT2D eigenvalue weighted by Crippen LogP contribution is 2.50. The predicted octanol–water partition coefficient (Wildman–Crippen LogP) is 3.95. The molecule has 8 heteroatoms. The van der Waals surface area contributed by atoms with E-state index in [0.717, 1.165) is 0 Å². The molecular formula is C22H22O8. The van der Waals surface area contributed by atoms with Crippen LogP contribution in [0.3, 0.4) is 0 Å². The summed E-state index contributed by atoms with van der Waals surface area (Å²) in [5.41, 5.74) is 0.807. The molecule has 0 aliphatic carbocycles. The molecule has 0 radical (unpaired) electrons. The molecule has 0 heterocycles. The number of carbonyl (C=O) groups is 1. The molecule has 0 fully saturated rings. The van der Waals surface area contributed by atoms with Gasteiger partial charge in [0.1, 0.15) is 5.75 Å². The van der Waals surface area contributed by atoms with Gasteiger partial charge < -0.3 is 33.9 Å². The number of hydrogen-bond acceptors (Lipinski definition) is 7. The molecule has 0 atom stereocenters. The summed E-state index contributed by atoms with van der Waals surface area (Å²) in [4.78, 5) is 12.0. The normalized spacial score (nSPS) is 10.6. The number of aromatic carboxylic acids is 1. The first-order valence-corrected chi connectivity index (χ1v) is 8.86. The molecule has 0 aliphatic heterocycles. The van der Waals surface area contributed by atoms with Crippen molar-refractivity contribution in [2.45, 2.75) is 0 Å². The number of methoxy groups -OCH3 is 5. The van der Waals surface area contributed by atoms with E-state index in [1.165, 1.54) is 41.6 Å². The Balaban J connectivity index is 2.53. The lowest BCUT2D eigenvalue weighted by molar-refractivity contribution is 0.0697. The molecule has 8 nitrogen and oxygen atoms in total. The van der Waals surface area contributed by atoms with Crippen molar-refractivity contribution in [2.24, 2.45) is 0 Å². The van der Waals surface area contributed by atoms with Crippen LogP contribution in [0.15, 0.2) is 30.3 Å². The fourth-order valence-corrected chi connectivity index (χ4v) is 3.51. The Bertz CT molecular complexity index is 1120. The maximum absolute atomic E-state index is 12.0. The number of hydrogen-bond donors (Lipinski definition) is 2. The molecule has 0 amide bonds. The Hall–Kier alpha value is -3.81. The van der Waals surface area contributed by atoms with Gasteiger partial charge in [-0.2, -0.15) is 0 Å². The minimum absolute atomic E-state index is 0.0958. The second-order valence-electron chi connectivity index (χ2n) is 6.26. The third-order valence-corrected chi connectivity index (χ3v) is 4.81.